The largest absolute Gasteiger partial charge is 0.492 e. The molecule has 1 aliphatic rings. The summed E-state index contributed by atoms with van der Waals surface area (Å²) in [4.78, 5) is 12.4. The smallest absolute Gasteiger partial charge is 0.165 e. The molecule has 0 amide bonds. The maximum absolute atomic E-state index is 12.4. The lowest BCUT2D eigenvalue weighted by Gasteiger charge is -2.24. The van der Waals surface area contributed by atoms with Gasteiger partial charge in [0.15, 0.2) is 5.78 Å². The van der Waals surface area contributed by atoms with E-state index >= 15 is 0 Å². The first-order valence-electron chi connectivity index (χ1n) is 7.40. The summed E-state index contributed by atoms with van der Waals surface area (Å²) in [5, 5.41) is 0. The van der Waals surface area contributed by atoms with E-state index in [4.69, 9.17) is 4.74 Å². The molecule has 2 nitrogen and oxygen atoms in total. The monoisotopic (exact) mass is 274 g/mol. The molecule has 0 radical (unpaired) electrons. The van der Waals surface area contributed by atoms with E-state index in [-0.39, 0.29) is 22.5 Å². The van der Waals surface area contributed by atoms with Gasteiger partial charge in [-0.3, -0.25) is 4.79 Å². The van der Waals surface area contributed by atoms with Gasteiger partial charge in [0.1, 0.15) is 5.75 Å². The van der Waals surface area contributed by atoms with Crippen LogP contribution in [-0.4, -0.2) is 12.4 Å². The van der Waals surface area contributed by atoms with Crippen molar-refractivity contribution in [1.82, 2.24) is 0 Å². The highest BCUT2D eigenvalue weighted by Gasteiger charge is 2.37. The zero-order valence-electron chi connectivity index (χ0n) is 13.8. The summed E-state index contributed by atoms with van der Waals surface area (Å²) in [5.41, 5.74) is 3.08. The quantitative estimate of drug-likeness (QED) is 0.743. The Morgan fingerprint density at radius 1 is 1.25 bits per heavy atom. The Kier molecular flexibility index (Phi) is 3.48. The summed E-state index contributed by atoms with van der Waals surface area (Å²) in [6.07, 6.45) is 0. The van der Waals surface area contributed by atoms with Gasteiger partial charge in [0.25, 0.3) is 0 Å². The van der Waals surface area contributed by atoms with Gasteiger partial charge in [-0.25, -0.2) is 0 Å². The van der Waals surface area contributed by atoms with E-state index in [0.29, 0.717) is 6.61 Å². The first-order valence-corrected chi connectivity index (χ1v) is 7.40. The Morgan fingerprint density at radius 2 is 1.85 bits per heavy atom. The van der Waals surface area contributed by atoms with Crippen molar-refractivity contribution in [2.24, 2.45) is 5.92 Å². The molecule has 0 spiro atoms. The first kappa shape index (κ1) is 15.1. The minimum absolute atomic E-state index is 0.0197. The zero-order valence-corrected chi connectivity index (χ0v) is 13.8. The van der Waals surface area contributed by atoms with Crippen molar-refractivity contribution in [3.05, 3.63) is 28.8 Å². The van der Waals surface area contributed by atoms with Crippen LogP contribution in [0.15, 0.2) is 12.1 Å². The molecule has 1 aromatic carbocycles. The van der Waals surface area contributed by atoms with Gasteiger partial charge in [-0.1, -0.05) is 48.5 Å². The number of ether oxygens (including phenoxy) is 1. The Morgan fingerprint density at radius 3 is 2.35 bits per heavy atom. The fourth-order valence-corrected chi connectivity index (χ4v) is 2.65. The van der Waals surface area contributed by atoms with Gasteiger partial charge >= 0.3 is 0 Å². The molecule has 1 aromatic rings. The molecule has 0 saturated heterocycles. The Labute approximate surface area is 122 Å². The summed E-state index contributed by atoms with van der Waals surface area (Å²) in [7, 11) is 0. The second-order valence-electron chi connectivity index (χ2n) is 7.84. The SMILES string of the molecule is CC(C)C(=O)c1cc(C(C)(C)C)c2c(c1)C(C)(C)CO2. The molecule has 0 N–H and O–H groups in total. The van der Waals surface area contributed by atoms with Crippen molar-refractivity contribution in [3.63, 3.8) is 0 Å². The molecule has 2 rings (SSSR count). The van der Waals surface area contributed by atoms with Crippen LogP contribution in [0.3, 0.4) is 0 Å². The number of fused-ring (bicyclic) bond motifs is 1. The van der Waals surface area contributed by atoms with Crippen LogP contribution < -0.4 is 4.74 Å². The highest BCUT2D eigenvalue weighted by Crippen LogP contribution is 2.45. The van der Waals surface area contributed by atoms with E-state index in [1.54, 1.807) is 0 Å². The van der Waals surface area contributed by atoms with Crippen molar-refractivity contribution >= 4 is 5.78 Å². The predicted molar refractivity (Wildman–Crippen MR) is 82.8 cm³/mol. The fourth-order valence-electron chi connectivity index (χ4n) is 2.65. The standard InChI is InChI=1S/C18H26O2/c1-11(2)15(19)12-8-13(17(3,4)5)16-14(9-12)18(6,7)10-20-16/h8-9,11H,10H2,1-7H3. The number of carbonyl (C=O) groups is 1. The van der Waals surface area contributed by atoms with Crippen molar-refractivity contribution in [2.45, 2.75) is 59.3 Å². The number of hydrogen-bond donors (Lipinski definition) is 0. The normalized spacial score (nSPS) is 17.0. The summed E-state index contributed by atoms with van der Waals surface area (Å²) >= 11 is 0. The molecule has 20 heavy (non-hydrogen) atoms. The topological polar surface area (TPSA) is 26.3 Å². The van der Waals surface area contributed by atoms with Crippen LogP contribution in [0.4, 0.5) is 0 Å². The van der Waals surface area contributed by atoms with Gasteiger partial charge in [0, 0.05) is 28.0 Å². The van der Waals surface area contributed by atoms with Crippen molar-refractivity contribution in [2.75, 3.05) is 6.61 Å². The molecule has 0 saturated carbocycles. The van der Waals surface area contributed by atoms with Gasteiger partial charge < -0.3 is 4.74 Å². The van der Waals surface area contributed by atoms with Gasteiger partial charge in [-0.2, -0.15) is 0 Å². The third kappa shape index (κ3) is 2.48. The van der Waals surface area contributed by atoms with Gasteiger partial charge in [-0.05, 0) is 17.5 Å². The van der Waals surface area contributed by atoms with Crippen LogP contribution in [0.2, 0.25) is 0 Å². The molecule has 0 atom stereocenters. The van der Waals surface area contributed by atoms with Crippen LogP contribution in [0.1, 0.15) is 70.0 Å². The van der Waals surface area contributed by atoms with Crippen LogP contribution in [-0.2, 0) is 10.8 Å². The molecule has 2 heteroatoms. The second-order valence-corrected chi connectivity index (χ2v) is 7.84. The summed E-state index contributed by atoms with van der Waals surface area (Å²) in [5.74, 6) is 1.22. The number of ketones is 1. The lowest BCUT2D eigenvalue weighted by Crippen LogP contribution is -2.19. The maximum atomic E-state index is 12.4. The van der Waals surface area contributed by atoms with E-state index in [1.165, 1.54) is 5.56 Å². The van der Waals surface area contributed by atoms with E-state index < -0.39 is 0 Å². The average molecular weight is 274 g/mol. The molecule has 110 valence electrons. The molecule has 0 aromatic heterocycles. The maximum Gasteiger partial charge on any atom is 0.165 e. The van der Waals surface area contributed by atoms with Gasteiger partial charge in [-0.15, -0.1) is 0 Å². The summed E-state index contributed by atoms with van der Waals surface area (Å²) < 4.78 is 5.96. The van der Waals surface area contributed by atoms with Crippen LogP contribution in [0, 0.1) is 5.92 Å². The molecule has 0 bridgehead atoms. The Balaban J connectivity index is 2.68. The lowest BCUT2D eigenvalue weighted by molar-refractivity contribution is 0.0939. The molecular weight excluding hydrogens is 248 g/mol. The number of hydrogen-bond acceptors (Lipinski definition) is 2. The van der Waals surface area contributed by atoms with Crippen LogP contribution in [0.25, 0.3) is 0 Å². The predicted octanol–water partition coefficient (Wildman–Crippen LogP) is 4.49. The van der Waals surface area contributed by atoms with Gasteiger partial charge in [0.05, 0.1) is 6.61 Å². The van der Waals surface area contributed by atoms with E-state index in [9.17, 15) is 4.79 Å². The zero-order chi connectivity index (χ0) is 15.3. The molecule has 1 aliphatic heterocycles. The minimum atomic E-state index is -0.0300. The number of carbonyl (C=O) groups excluding carboxylic acids is 1. The summed E-state index contributed by atoms with van der Waals surface area (Å²) in [6, 6.07) is 4.07. The Hall–Kier alpha value is -1.31. The molecule has 0 aliphatic carbocycles. The minimum Gasteiger partial charge on any atom is -0.492 e. The van der Waals surface area contributed by atoms with E-state index in [0.717, 1.165) is 16.9 Å². The molecule has 1 heterocycles. The number of Topliss-reactive ketones (excluding diaryl/α,β-unsaturated/α-hetero) is 1. The fraction of sp³-hybridized carbons (Fsp3) is 0.611. The van der Waals surface area contributed by atoms with Gasteiger partial charge in [0.2, 0.25) is 0 Å². The highest BCUT2D eigenvalue weighted by molar-refractivity contribution is 5.98. The summed E-state index contributed by atoms with van der Waals surface area (Å²) in [6.45, 7) is 15.4. The Bertz CT molecular complexity index is 545. The van der Waals surface area contributed by atoms with Crippen LogP contribution >= 0.6 is 0 Å². The molecule has 0 unspecified atom stereocenters. The van der Waals surface area contributed by atoms with E-state index in [1.807, 2.05) is 26.0 Å². The lowest BCUT2D eigenvalue weighted by atomic mass is 9.78. The average Bonchev–Trinajstić information content (AvgIpc) is 2.62. The molecular formula is C18H26O2. The van der Waals surface area contributed by atoms with Crippen molar-refractivity contribution < 1.29 is 9.53 Å². The third-order valence-electron chi connectivity index (χ3n) is 4.01. The molecule has 0 fully saturated rings. The van der Waals surface area contributed by atoms with Crippen LogP contribution in [0.5, 0.6) is 5.75 Å². The number of benzene rings is 1. The third-order valence-corrected chi connectivity index (χ3v) is 4.01. The van der Waals surface area contributed by atoms with E-state index in [2.05, 4.69) is 34.6 Å². The first-order chi connectivity index (χ1) is 9.04. The highest BCUT2D eigenvalue weighted by atomic mass is 16.5. The second kappa shape index (κ2) is 4.61. The van der Waals surface area contributed by atoms with Crippen molar-refractivity contribution in [1.29, 1.82) is 0 Å². The number of rotatable bonds is 2. The van der Waals surface area contributed by atoms with Crippen molar-refractivity contribution in [3.8, 4) is 5.75 Å².